The van der Waals surface area contributed by atoms with Gasteiger partial charge < -0.3 is 14.4 Å². The summed E-state index contributed by atoms with van der Waals surface area (Å²) in [6.07, 6.45) is 4.28. The summed E-state index contributed by atoms with van der Waals surface area (Å²) in [5.74, 6) is 1.38. The third kappa shape index (κ3) is 6.83. The molecule has 5 heterocycles. The molecule has 230 valence electrons. The molecule has 2 fully saturated rings. The maximum absolute atomic E-state index is 11.9. The third-order valence-electron chi connectivity index (χ3n) is 7.81. The van der Waals surface area contributed by atoms with Crippen molar-refractivity contribution in [3.05, 3.63) is 35.3 Å². The van der Waals surface area contributed by atoms with Crippen LogP contribution in [0.2, 0.25) is 0 Å². The Labute approximate surface area is 255 Å². The average Bonchev–Trinajstić information content (AvgIpc) is 3.60. The fraction of sp³-hybridized carbons (Fsp3) is 0.517. The van der Waals surface area contributed by atoms with Crippen molar-refractivity contribution in [2.45, 2.75) is 32.9 Å². The second-order valence-corrected chi connectivity index (χ2v) is 14.0. The lowest BCUT2D eigenvalue weighted by Crippen LogP contribution is -2.47. The summed E-state index contributed by atoms with van der Waals surface area (Å²) < 4.78 is 39.0. The van der Waals surface area contributed by atoms with Gasteiger partial charge in [-0.2, -0.15) is 9.40 Å². The minimum absolute atomic E-state index is 0.191. The number of esters is 1. The zero-order chi connectivity index (χ0) is 30.0. The van der Waals surface area contributed by atoms with Crippen molar-refractivity contribution < 1.29 is 22.7 Å². The number of piperazine rings is 1. The minimum atomic E-state index is -3.17. The van der Waals surface area contributed by atoms with Gasteiger partial charge in [0.1, 0.15) is 0 Å². The number of benzene rings is 1. The number of ether oxygens (including phenoxy) is 2. The van der Waals surface area contributed by atoms with Gasteiger partial charge in [0.05, 0.1) is 41.8 Å². The molecular formula is C29H37N7O5S2. The van der Waals surface area contributed by atoms with Crippen LogP contribution in [0.4, 0.5) is 5.82 Å². The second kappa shape index (κ2) is 12.8. The van der Waals surface area contributed by atoms with E-state index in [9.17, 15) is 13.2 Å². The van der Waals surface area contributed by atoms with E-state index < -0.39 is 10.0 Å². The molecule has 0 amide bonds. The lowest BCUT2D eigenvalue weighted by molar-refractivity contribution is -0.143. The summed E-state index contributed by atoms with van der Waals surface area (Å²) in [7, 11) is -3.17. The van der Waals surface area contributed by atoms with Crippen LogP contribution >= 0.6 is 11.3 Å². The monoisotopic (exact) mass is 627 g/mol. The number of hydrogen-bond donors (Lipinski definition) is 0. The first-order valence-corrected chi connectivity index (χ1v) is 17.4. The van der Waals surface area contributed by atoms with E-state index in [0.29, 0.717) is 71.2 Å². The van der Waals surface area contributed by atoms with E-state index in [1.807, 2.05) is 36.0 Å². The number of sulfonamides is 1. The fourth-order valence-electron chi connectivity index (χ4n) is 5.61. The molecule has 14 heteroatoms. The number of rotatable bonds is 10. The van der Waals surface area contributed by atoms with Crippen molar-refractivity contribution in [2.75, 3.05) is 70.2 Å². The largest absolute Gasteiger partial charge is 0.466 e. The van der Waals surface area contributed by atoms with Gasteiger partial charge in [0.15, 0.2) is 11.6 Å². The lowest BCUT2D eigenvalue weighted by atomic mass is 10.1. The highest BCUT2D eigenvalue weighted by Gasteiger charge is 2.25. The van der Waals surface area contributed by atoms with Crippen LogP contribution in [0.5, 0.6) is 0 Å². The number of morpholine rings is 1. The van der Waals surface area contributed by atoms with E-state index in [1.54, 1.807) is 15.6 Å². The average molecular weight is 628 g/mol. The normalized spacial score (nSPS) is 17.2. The number of carbonyl (C=O) groups is 1. The maximum Gasteiger partial charge on any atom is 0.305 e. The molecule has 0 N–H and O–H groups in total. The van der Waals surface area contributed by atoms with E-state index >= 15 is 0 Å². The molecule has 4 aromatic rings. The van der Waals surface area contributed by atoms with E-state index in [0.717, 1.165) is 52.1 Å². The molecule has 2 aliphatic rings. The molecule has 2 aliphatic heterocycles. The van der Waals surface area contributed by atoms with Crippen LogP contribution in [0, 0.1) is 0 Å². The highest BCUT2D eigenvalue weighted by molar-refractivity contribution is 7.88. The summed E-state index contributed by atoms with van der Waals surface area (Å²) in [6, 6.07) is 8.14. The first-order chi connectivity index (χ1) is 20.8. The van der Waals surface area contributed by atoms with Gasteiger partial charge in [0, 0.05) is 80.8 Å². The molecule has 0 spiro atoms. The SMILES string of the molecule is CCOC(=O)CCCn1cc2c(-c3nc(N4CCOCC4)c4sc(CN5CCN(S(C)(=O)=O)CC5)cc4n3)cccc2n1. The Kier molecular flexibility index (Phi) is 8.91. The standard InChI is InChI=1S/C29H37N7O5S2/c1-3-41-26(37)8-5-9-35-20-23-22(6-4-7-24(23)32-35)28-30-25-18-21(19-33-10-12-36(13-11-33)43(2,38)39)42-27(25)29(31-28)34-14-16-40-17-15-34/h4,6-7,18,20H,3,5,8-17,19H2,1-2H3. The van der Waals surface area contributed by atoms with Gasteiger partial charge in [-0.3, -0.25) is 14.4 Å². The highest BCUT2D eigenvalue weighted by Crippen LogP contribution is 2.36. The Hall–Kier alpha value is -3.17. The van der Waals surface area contributed by atoms with Gasteiger partial charge in [-0.25, -0.2) is 18.4 Å². The molecule has 0 saturated carbocycles. The molecule has 2 saturated heterocycles. The number of aryl methyl sites for hydroxylation is 1. The predicted octanol–water partition coefficient (Wildman–Crippen LogP) is 2.97. The van der Waals surface area contributed by atoms with Crippen LogP contribution in [0.15, 0.2) is 30.5 Å². The molecule has 12 nitrogen and oxygen atoms in total. The van der Waals surface area contributed by atoms with Gasteiger partial charge in [0.25, 0.3) is 0 Å². The number of carbonyl (C=O) groups excluding carboxylic acids is 1. The number of aromatic nitrogens is 4. The number of nitrogens with zero attached hydrogens (tertiary/aromatic N) is 7. The van der Waals surface area contributed by atoms with Crippen LogP contribution in [0.1, 0.15) is 24.6 Å². The van der Waals surface area contributed by atoms with E-state index in [4.69, 9.17) is 24.5 Å². The molecule has 3 aromatic heterocycles. The molecule has 0 unspecified atom stereocenters. The lowest BCUT2D eigenvalue weighted by Gasteiger charge is -2.32. The van der Waals surface area contributed by atoms with Crippen LogP contribution in [-0.4, -0.2) is 109 Å². The number of hydrogen-bond acceptors (Lipinski definition) is 11. The van der Waals surface area contributed by atoms with E-state index in [2.05, 4.69) is 15.9 Å². The molecular weight excluding hydrogens is 590 g/mol. The van der Waals surface area contributed by atoms with Crippen molar-refractivity contribution in [1.82, 2.24) is 29.0 Å². The molecule has 0 atom stereocenters. The van der Waals surface area contributed by atoms with Gasteiger partial charge in [0.2, 0.25) is 10.0 Å². The van der Waals surface area contributed by atoms with Crippen molar-refractivity contribution in [1.29, 1.82) is 0 Å². The van der Waals surface area contributed by atoms with Crippen molar-refractivity contribution in [3.8, 4) is 11.4 Å². The van der Waals surface area contributed by atoms with Gasteiger partial charge in [-0.15, -0.1) is 11.3 Å². The first kappa shape index (κ1) is 29.9. The van der Waals surface area contributed by atoms with Crippen molar-refractivity contribution in [2.24, 2.45) is 0 Å². The number of thiophene rings is 1. The summed E-state index contributed by atoms with van der Waals surface area (Å²) in [4.78, 5) is 27.7. The predicted molar refractivity (Wildman–Crippen MR) is 167 cm³/mol. The Balaban J connectivity index is 1.29. The Bertz CT molecular complexity index is 1710. The Morgan fingerprint density at radius 1 is 1.07 bits per heavy atom. The first-order valence-electron chi connectivity index (χ1n) is 14.7. The highest BCUT2D eigenvalue weighted by atomic mass is 32.2. The van der Waals surface area contributed by atoms with Gasteiger partial charge in [-0.05, 0) is 25.5 Å². The quantitative estimate of drug-likeness (QED) is 0.243. The van der Waals surface area contributed by atoms with Crippen molar-refractivity contribution in [3.63, 3.8) is 0 Å². The molecule has 0 bridgehead atoms. The summed E-state index contributed by atoms with van der Waals surface area (Å²) >= 11 is 1.71. The number of anilines is 1. The second-order valence-electron chi connectivity index (χ2n) is 10.9. The maximum atomic E-state index is 11.9. The van der Waals surface area contributed by atoms with Crippen LogP contribution in [-0.2, 0) is 37.4 Å². The third-order valence-corrected chi connectivity index (χ3v) is 10.2. The molecule has 0 aliphatic carbocycles. The van der Waals surface area contributed by atoms with E-state index in [-0.39, 0.29) is 5.97 Å². The topological polar surface area (TPSA) is 123 Å². The van der Waals surface area contributed by atoms with Gasteiger partial charge >= 0.3 is 5.97 Å². The molecule has 43 heavy (non-hydrogen) atoms. The Morgan fingerprint density at radius 3 is 2.60 bits per heavy atom. The fourth-order valence-corrected chi connectivity index (χ4v) is 7.59. The summed E-state index contributed by atoms with van der Waals surface area (Å²) in [5.41, 5.74) is 2.67. The minimum Gasteiger partial charge on any atom is -0.466 e. The number of fused-ring (bicyclic) bond motifs is 2. The van der Waals surface area contributed by atoms with Crippen LogP contribution in [0.25, 0.3) is 32.5 Å². The molecule has 6 rings (SSSR count). The smallest absolute Gasteiger partial charge is 0.305 e. The zero-order valence-electron chi connectivity index (χ0n) is 24.6. The van der Waals surface area contributed by atoms with Crippen LogP contribution < -0.4 is 4.90 Å². The summed E-state index contributed by atoms with van der Waals surface area (Å²) in [6.45, 7) is 8.77. The van der Waals surface area contributed by atoms with Crippen molar-refractivity contribution >= 4 is 54.3 Å². The zero-order valence-corrected chi connectivity index (χ0v) is 26.2. The summed E-state index contributed by atoms with van der Waals surface area (Å²) in [5, 5.41) is 5.71. The van der Waals surface area contributed by atoms with E-state index in [1.165, 1.54) is 11.1 Å². The van der Waals surface area contributed by atoms with Gasteiger partial charge in [-0.1, -0.05) is 12.1 Å². The Morgan fingerprint density at radius 2 is 1.86 bits per heavy atom. The molecule has 0 radical (unpaired) electrons. The molecule has 1 aromatic carbocycles. The van der Waals surface area contributed by atoms with Crippen LogP contribution in [0.3, 0.4) is 0 Å².